The van der Waals surface area contributed by atoms with Crippen LogP contribution < -0.4 is 0 Å². The number of carbonyl (C=O) groups is 1. The third kappa shape index (κ3) is 3.70. The van der Waals surface area contributed by atoms with Crippen molar-refractivity contribution >= 4 is 29.3 Å². The van der Waals surface area contributed by atoms with Gasteiger partial charge in [-0.25, -0.2) is 0 Å². The van der Waals surface area contributed by atoms with Gasteiger partial charge in [0.25, 0.3) is 0 Å². The lowest BCUT2D eigenvalue weighted by Gasteiger charge is -2.40. The van der Waals surface area contributed by atoms with E-state index >= 15 is 0 Å². The van der Waals surface area contributed by atoms with E-state index in [2.05, 4.69) is 6.92 Å². The summed E-state index contributed by atoms with van der Waals surface area (Å²) in [5.41, 5.74) is -0.568. The van der Waals surface area contributed by atoms with Gasteiger partial charge in [0.2, 0.25) is 5.91 Å². The molecule has 0 bridgehead atoms. The second-order valence-electron chi connectivity index (χ2n) is 6.76. The molecule has 2 fully saturated rings. The van der Waals surface area contributed by atoms with Gasteiger partial charge in [0.05, 0.1) is 11.4 Å². The Morgan fingerprint density at radius 2 is 2.13 bits per heavy atom. The summed E-state index contributed by atoms with van der Waals surface area (Å²) in [6, 6.07) is 7.58. The van der Waals surface area contributed by atoms with Crippen molar-refractivity contribution in [2.24, 2.45) is 11.8 Å². The smallest absolute Gasteiger partial charge is 0.232 e. The minimum Gasteiger partial charge on any atom is -0.390 e. The second kappa shape index (κ2) is 7.04. The van der Waals surface area contributed by atoms with Crippen molar-refractivity contribution in [2.75, 3.05) is 18.8 Å². The maximum atomic E-state index is 12.5. The Bertz CT molecular complexity index is 565. The number of carbonyl (C=O) groups excluding carboxylic acids is 1. The molecule has 0 spiro atoms. The van der Waals surface area contributed by atoms with Crippen LogP contribution >= 0.6 is 23.4 Å². The van der Waals surface area contributed by atoms with E-state index < -0.39 is 5.60 Å². The first-order chi connectivity index (χ1) is 11.0. The van der Waals surface area contributed by atoms with E-state index in [1.54, 1.807) is 11.8 Å². The molecule has 126 valence electrons. The van der Waals surface area contributed by atoms with Crippen LogP contribution in [0.4, 0.5) is 0 Å². The molecule has 1 heterocycles. The number of rotatable bonds is 4. The van der Waals surface area contributed by atoms with Crippen LogP contribution in [0.25, 0.3) is 0 Å². The van der Waals surface area contributed by atoms with Gasteiger partial charge in [-0.05, 0) is 49.4 Å². The van der Waals surface area contributed by atoms with Gasteiger partial charge in [-0.1, -0.05) is 24.9 Å². The molecule has 1 saturated carbocycles. The van der Waals surface area contributed by atoms with E-state index in [0.717, 1.165) is 43.7 Å². The third-order valence-electron chi connectivity index (χ3n) is 5.46. The van der Waals surface area contributed by atoms with Crippen molar-refractivity contribution in [1.29, 1.82) is 0 Å². The van der Waals surface area contributed by atoms with Crippen molar-refractivity contribution < 1.29 is 9.90 Å². The molecule has 1 aromatic rings. The van der Waals surface area contributed by atoms with E-state index in [9.17, 15) is 9.90 Å². The van der Waals surface area contributed by atoms with Gasteiger partial charge in [-0.3, -0.25) is 4.79 Å². The summed E-state index contributed by atoms with van der Waals surface area (Å²) in [5.74, 6) is 1.35. The summed E-state index contributed by atoms with van der Waals surface area (Å²) in [6.45, 7) is 3.59. The quantitative estimate of drug-likeness (QED) is 0.836. The van der Waals surface area contributed by atoms with E-state index in [-0.39, 0.29) is 11.8 Å². The number of nitrogens with zero attached hydrogens (tertiary/aromatic N) is 1. The fraction of sp³-hybridized carbons (Fsp3) is 0.611. The Labute approximate surface area is 147 Å². The molecule has 5 heteroatoms. The Kier molecular flexibility index (Phi) is 5.24. The number of hydrogen-bond donors (Lipinski definition) is 1. The molecular weight excluding hydrogens is 330 g/mol. The predicted molar refractivity (Wildman–Crippen MR) is 94.8 cm³/mol. The van der Waals surface area contributed by atoms with Gasteiger partial charge in [-0.15, -0.1) is 11.8 Å². The van der Waals surface area contributed by atoms with Crippen LogP contribution in [0.15, 0.2) is 29.2 Å². The monoisotopic (exact) mass is 353 g/mol. The van der Waals surface area contributed by atoms with E-state index in [0.29, 0.717) is 16.7 Å². The van der Waals surface area contributed by atoms with Gasteiger partial charge in [-0.2, -0.15) is 0 Å². The largest absolute Gasteiger partial charge is 0.390 e. The third-order valence-corrected chi connectivity index (χ3v) is 6.71. The number of fused-ring (bicyclic) bond motifs is 1. The minimum absolute atomic E-state index is 0.179. The van der Waals surface area contributed by atoms with E-state index in [4.69, 9.17) is 11.6 Å². The van der Waals surface area contributed by atoms with Crippen molar-refractivity contribution in [3.05, 3.63) is 29.3 Å². The van der Waals surface area contributed by atoms with Crippen LogP contribution in [0.5, 0.6) is 0 Å². The molecule has 1 saturated heterocycles. The number of amides is 1. The molecule has 0 aromatic heterocycles. The predicted octanol–water partition coefficient (Wildman–Crippen LogP) is 3.83. The van der Waals surface area contributed by atoms with Crippen molar-refractivity contribution in [1.82, 2.24) is 4.90 Å². The summed E-state index contributed by atoms with van der Waals surface area (Å²) in [4.78, 5) is 15.5. The van der Waals surface area contributed by atoms with E-state index in [1.807, 2.05) is 29.2 Å². The Hall–Kier alpha value is -0.710. The summed E-state index contributed by atoms with van der Waals surface area (Å²) in [6.07, 6.45) is 3.89. The van der Waals surface area contributed by atoms with Gasteiger partial charge in [0.15, 0.2) is 0 Å². The second-order valence-corrected chi connectivity index (χ2v) is 8.24. The molecule has 0 unspecified atom stereocenters. The highest BCUT2D eigenvalue weighted by atomic mass is 35.5. The van der Waals surface area contributed by atoms with Crippen molar-refractivity contribution in [3.63, 3.8) is 0 Å². The summed E-state index contributed by atoms with van der Waals surface area (Å²) >= 11 is 7.43. The maximum absolute atomic E-state index is 12.5. The van der Waals surface area contributed by atoms with Gasteiger partial charge >= 0.3 is 0 Å². The van der Waals surface area contributed by atoms with Gasteiger partial charge < -0.3 is 10.0 Å². The number of likely N-dealkylation sites (tertiary alicyclic amines) is 1. The molecular formula is C18H24ClNO2S. The fourth-order valence-corrected chi connectivity index (χ4v) is 4.97. The molecule has 0 radical (unpaired) electrons. The Morgan fingerprint density at radius 3 is 2.83 bits per heavy atom. The number of thioether (sulfide) groups is 1. The fourth-order valence-electron chi connectivity index (χ4n) is 4.04. The summed E-state index contributed by atoms with van der Waals surface area (Å²) in [7, 11) is 0. The number of benzene rings is 1. The molecule has 3 rings (SSSR count). The highest BCUT2D eigenvalue weighted by Crippen LogP contribution is 2.44. The first-order valence-corrected chi connectivity index (χ1v) is 9.77. The molecule has 1 aliphatic heterocycles. The van der Waals surface area contributed by atoms with Gasteiger partial charge in [0, 0.05) is 28.9 Å². The number of halogens is 1. The van der Waals surface area contributed by atoms with Crippen LogP contribution in [-0.4, -0.2) is 40.4 Å². The first-order valence-electron chi connectivity index (χ1n) is 8.40. The molecule has 3 atom stereocenters. The molecule has 1 aliphatic carbocycles. The van der Waals surface area contributed by atoms with E-state index in [1.165, 1.54) is 0 Å². The van der Waals surface area contributed by atoms with Crippen LogP contribution in [0.2, 0.25) is 5.02 Å². The maximum Gasteiger partial charge on any atom is 0.232 e. The Morgan fingerprint density at radius 1 is 1.39 bits per heavy atom. The average Bonchev–Trinajstić information content (AvgIpc) is 3.00. The molecule has 3 nitrogen and oxygen atoms in total. The molecule has 1 amide bonds. The zero-order valence-corrected chi connectivity index (χ0v) is 15.1. The zero-order chi connectivity index (χ0) is 16.4. The van der Waals surface area contributed by atoms with Crippen LogP contribution in [-0.2, 0) is 4.79 Å². The molecule has 1 aromatic carbocycles. The summed E-state index contributed by atoms with van der Waals surface area (Å²) < 4.78 is 0. The average molecular weight is 354 g/mol. The SMILES string of the molecule is CC[C@]1(O)CCC[C@H]2CN(C(=O)CSc3ccc(Cl)cc3)C[C@H]21. The lowest BCUT2D eigenvalue weighted by atomic mass is 9.69. The highest BCUT2D eigenvalue weighted by Gasteiger charge is 2.48. The topological polar surface area (TPSA) is 40.5 Å². The summed E-state index contributed by atoms with van der Waals surface area (Å²) in [5, 5.41) is 11.5. The first kappa shape index (κ1) is 17.1. The standard InChI is InChI=1S/C18H24ClNO2S/c1-2-18(22)9-3-4-13-10-20(11-16(13)18)17(21)12-23-15-7-5-14(19)6-8-15/h5-8,13,16,22H,2-4,9-12H2,1H3/t13-,16+,18-/m0/s1. The van der Waals surface area contributed by atoms with Crippen LogP contribution in [0, 0.1) is 11.8 Å². The minimum atomic E-state index is -0.568. The van der Waals surface area contributed by atoms with Crippen molar-refractivity contribution in [2.45, 2.75) is 43.1 Å². The molecule has 23 heavy (non-hydrogen) atoms. The van der Waals surface area contributed by atoms with Gasteiger partial charge in [0.1, 0.15) is 0 Å². The molecule has 2 aliphatic rings. The van der Waals surface area contributed by atoms with Crippen LogP contribution in [0.1, 0.15) is 32.6 Å². The normalized spacial score (nSPS) is 30.3. The number of aliphatic hydroxyl groups is 1. The Balaban J connectivity index is 1.57. The molecule has 1 N–H and O–H groups in total. The highest BCUT2D eigenvalue weighted by molar-refractivity contribution is 8.00. The van der Waals surface area contributed by atoms with Crippen LogP contribution in [0.3, 0.4) is 0 Å². The number of hydrogen-bond acceptors (Lipinski definition) is 3. The lowest BCUT2D eigenvalue weighted by Crippen LogP contribution is -2.44. The lowest BCUT2D eigenvalue weighted by molar-refractivity contribution is -0.127. The van der Waals surface area contributed by atoms with Crippen molar-refractivity contribution in [3.8, 4) is 0 Å². The zero-order valence-electron chi connectivity index (χ0n) is 13.5.